The predicted molar refractivity (Wildman–Crippen MR) is 86.5 cm³/mol. The van der Waals surface area contributed by atoms with Crippen LogP contribution in [0.2, 0.25) is 0 Å². The fourth-order valence-electron chi connectivity index (χ4n) is 1.37. The summed E-state index contributed by atoms with van der Waals surface area (Å²) in [7, 11) is 0. The van der Waals surface area contributed by atoms with Crippen molar-refractivity contribution < 1.29 is 9.47 Å². The van der Waals surface area contributed by atoms with E-state index in [1.54, 1.807) is 11.3 Å². The van der Waals surface area contributed by atoms with E-state index in [4.69, 9.17) is 9.47 Å². The molecule has 1 heterocycles. The van der Waals surface area contributed by atoms with Crippen LogP contribution in [0, 0.1) is 0 Å². The molecule has 19 heavy (non-hydrogen) atoms. The van der Waals surface area contributed by atoms with E-state index in [9.17, 15) is 0 Å². The molecule has 0 aliphatic heterocycles. The molecule has 0 aromatic carbocycles. The smallest absolute Gasteiger partial charge is 0.0905 e. The van der Waals surface area contributed by atoms with Crippen LogP contribution in [0.3, 0.4) is 0 Å². The molecule has 5 heteroatoms. The maximum absolute atomic E-state index is 6.01. The normalized spacial score (nSPS) is 14.2. The van der Waals surface area contributed by atoms with Gasteiger partial charge >= 0.3 is 0 Å². The van der Waals surface area contributed by atoms with Gasteiger partial charge in [0.2, 0.25) is 0 Å². The molecule has 0 N–H and O–H groups in total. The second kappa shape index (κ2) is 11.5. The topological polar surface area (TPSA) is 18.5 Å². The average molecular weight is 403 g/mol. The van der Waals surface area contributed by atoms with Crippen molar-refractivity contribution in [2.45, 2.75) is 57.3 Å². The van der Waals surface area contributed by atoms with Gasteiger partial charge in [-0.1, -0.05) is 6.92 Å². The third-order valence-electron chi connectivity index (χ3n) is 2.55. The van der Waals surface area contributed by atoms with Crippen molar-refractivity contribution in [1.82, 2.24) is 0 Å². The first-order valence-corrected chi connectivity index (χ1v) is 8.46. The number of rotatable bonds is 9. The van der Waals surface area contributed by atoms with E-state index in [2.05, 4.69) is 44.5 Å². The van der Waals surface area contributed by atoms with Gasteiger partial charge in [0, 0.05) is 41.9 Å². The van der Waals surface area contributed by atoms with Crippen LogP contribution in [0.15, 0.2) is 21.7 Å². The van der Waals surface area contributed by atoms with Crippen LogP contribution < -0.4 is 0 Å². The first-order chi connectivity index (χ1) is 8.61. The Kier molecular flexibility index (Phi) is 12.0. The Bertz CT molecular complexity index is 304. The van der Waals surface area contributed by atoms with Crippen LogP contribution in [0.25, 0.3) is 0 Å². The summed E-state index contributed by atoms with van der Waals surface area (Å²) in [4.78, 5) is 1.32. The van der Waals surface area contributed by atoms with Crippen molar-refractivity contribution in [2.24, 2.45) is 0 Å². The maximum Gasteiger partial charge on any atom is 0.0905 e. The first kappa shape index (κ1) is 19.8. The molecule has 0 spiro atoms. The standard InChI is InChI=1S/C14H24O2S2.In/c1-5-12(4)16-13(8-15-11(2)3)9-18-14-6-7-17-10-14;/h6-7,10-13H,5,8-9H2,1-4H3;. The minimum absolute atomic E-state index is 0. The third kappa shape index (κ3) is 9.40. The second-order valence-electron chi connectivity index (χ2n) is 4.63. The summed E-state index contributed by atoms with van der Waals surface area (Å²) in [6.07, 6.45) is 1.78. The van der Waals surface area contributed by atoms with E-state index in [1.807, 2.05) is 11.8 Å². The molecule has 0 fully saturated rings. The number of hydrogen-bond donors (Lipinski definition) is 0. The van der Waals surface area contributed by atoms with E-state index < -0.39 is 0 Å². The van der Waals surface area contributed by atoms with E-state index >= 15 is 0 Å². The van der Waals surface area contributed by atoms with Crippen LogP contribution in [-0.2, 0) is 9.47 Å². The Hall–Kier alpha value is 0.840. The molecule has 107 valence electrons. The van der Waals surface area contributed by atoms with Gasteiger partial charge in [-0.05, 0) is 38.6 Å². The number of hydrogen-bond acceptors (Lipinski definition) is 4. The molecular formula is C14H24InO2S2. The van der Waals surface area contributed by atoms with E-state index in [0.29, 0.717) is 12.7 Å². The zero-order valence-corrected chi connectivity index (χ0v) is 17.2. The minimum atomic E-state index is 0. The fraction of sp³-hybridized carbons (Fsp3) is 0.714. The van der Waals surface area contributed by atoms with Crippen molar-refractivity contribution >= 4 is 48.9 Å². The second-order valence-corrected chi connectivity index (χ2v) is 6.50. The summed E-state index contributed by atoms with van der Waals surface area (Å²) >= 11 is 3.58. The molecule has 0 saturated heterocycles. The summed E-state index contributed by atoms with van der Waals surface area (Å²) in [5.74, 6) is 0.952. The molecular weight excluding hydrogens is 379 g/mol. The quantitative estimate of drug-likeness (QED) is 0.580. The van der Waals surface area contributed by atoms with Gasteiger partial charge in [0.15, 0.2) is 0 Å². The molecule has 2 unspecified atom stereocenters. The monoisotopic (exact) mass is 403 g/mol. The van der Waals surface area contributed by atoms with Gasteiger partial charge in [0.05, 0.1) is 24.9 Å². The Labute approximate surface area is 144 Å². The summed E-state index contributed by atoms with van der Waals surface area (Å²) in [5, 5.41) is 4.28. The van der Waals surface area contributed by atoms with Gasteiger partial charge in [-0.25, -0.2) is 0 Å². The Balaban J connectivity index is 0.00000324. The number of ether oxygens (including phenoxy) is 2. The maximum atomic E-state index is 6.01. The van der Waals surface area contributed by atoms with Crippen molar-refractivity contribution in [2.75, 3.05) is 12.4 Å². The molecule has 0 bridgehead atoms. The Morgan fingerprint density at radius 1 is 1.32 bits per heavy atom. The number of thiophene rings is 1. The molecule has 1 aromatic rings. The summed E-state index contributed by atoms with van der Waals surface area (Å²) < 4.78 is 11.7. The van der Waals surface area contributed by atoms with Crippen LogP contribution in [0.5, 0.6) is 0 Å². The Morgan fingerprint density at radius 3 is 2.58 bits per heavy atom. The van der Waals surface area contributed by atoms with Gasteiger partial charge in [-0.2, -0.15) is 11.3 Å². The summed E-state index contributed by atoms with van der Waals surface area (Å²) in [6.45, 7) is 9.08. The predicted octanol–water partition coefficient (Wildman–Crippen LogP) is 4.07. The van der Waals surface area contributed by atoms with Crippen molar-refractivity contribution in [1.29, 1.82) is 0 Å². The summed E-state index contributed by atoms with van der Waals surface area (Å²) in [5.41, 5.74) is 0. The van der Waals surface area contributed by atoms with E-state index in [1.165, 1.54) is 4.90 Å². The molecule has 0 amide bonds. The fourth-order valence-corrected chi connectivity index (χ4v) is 3.13. The molecule has 2 atom stereocenters. The van der Waals surface area contributed by atoms with Gasteiger partial charge in [0.25, 0.3) is 0 Å². The van der Waals surface area contributed by atoms with Crippen LogP contribution in [-0.4, -0.2) is 56.5 Å². The average Bonchev–Trinajstić information content (AvgIpc) is 2.85. The van der Waals surface area contributed by atoms with Gasteiger partial charge in [-0.3, -0.25) is 0 Å². The van der Waals surface area contributed by atoms with Crippen LogP contribution in [0.1, 0.15) is 34.1 Å². The van der Waals surface area contributed by atoms with Gasteiger partial charge < -0.3 is 9.47 Å². The van der Waals surface area contributed by atoms with Crippen molar-refractivity contribution in [3.8, 4) is 0 Å². The zero-order valence-electron chi connectivity index (χ0n) is 12.3. The molecule has 0 aliphatic rings. The molecule has 1 aromatic heterocycles. The third-order valence-corrected chi connectivity index (χ3v) is 4.50. The van der Waals surface area contributed by atoms with Gasteiger partial charge in [0.1, 0.15) is 0 Å². The van der Waals surface area contributed by atoms with E-state index in [-0.39, 0.29) is 38.1 Å². The minimum Gasteiger partial charge on any atom is -0.376 e. The molecule has 0 saturated carbocycles. The molecule has 1 rings (SSSR count). The SMILES string of the molecule is CCC(C)OC(COC(C)C)CSc1ccsc1.[In]. The van der Waals surface area contributed by atoms with Crippen LogP contribution in [0.4, 0.5) is 0 Å². The summed E-state index contributed by atoms with van der Waals surface area (Å²) in [6, 6.07) is 2.15. The van der Waals surface area contributed by atoms with Crippen molar-refractivity contribution in [3.63, 3.8) is 0 Å². The molecule has 3 radical (unpaired) electrons. The van der Waals surface area contributed by atoms with Crippen molar-refractivity contribution in [3.05, 3.63) is 16.8 Å². The molecule has 0 aliphatic carbocycles. The van der Waals surface area contributed by atoms with Gasteiger partial charge in [-0.15, -0.1) is 11.8 Å². The first-order valence-electron chi connectivity index (χ1n) is 6.53. The van der Waals surface area contributed by atoms with Crippen LogP contribution >= 0.6 is 23.1 Å². The number of thioether (sulfide) groups is 1. The molecule has 2 nitrogen and oxygen atoms in total. The van der Waals surface area contributed by atoms with E-state index in [0.717, 1.165) is 12.2 Å². The largest absolute Gasteiger partial charge is 0.376 e. The zero-order chi connectivity index (χ0) is 13.4. The Morgan fingerprint density at radius 2 is 2.05 bits per heavy atom.